The van der Waals surface area contributed by atoms with Crippen molar-refractivity contribution in [2.75, 3.05) is 27.2 Å². The highest BCUT2D eigenvalue weighted by Gasteiger charge is 2.23. The summed E-state index contributed by atoms with van der Waals surface area (Å²) in [4.78, 5) is 9.59. The van der Waals surface area contributed by atoms with Gasteiger partial charge >= 0.3 is 0 Å². The van der Waals surface area contributed by atoms with Crippen LogP contribution in [0.5, 0.6) is 0 Å². The maximum absolute atomic E-state index is 6.01. The minimum Gasteiger partial charge on any atom is -0.283 e. The van der Waals surface area contributed by atoms with E-state index in [9.17, 15) is 0 Å². The Bertz CT molecular complexity index is 916. The fourth-order valence-corrected chi connectivity index (χ4v) is 4.46. The summed E-state index contributed by atoms with van der Waals surface area (Å²) in [5.74, 6) is 0.382. The fourth-order valence-electron chi connectivity index (χ4n) is 3.37. The van der Waals surface area contributed by atoms with Gasteiger partial charge in [0.25, 0.3) is 0 Å². The van der Waals surface area contributed by atoms with E-state index in [-0.39, 0.29) is 0 Å². The third kappa shape index (κ3) is 9.63. The molecule has 0 aliphatic carbocycles. The monoisotopic (exact) mass is 504 g/mol. The van der Waals surface area contributed by atoms with Gasteiger partial charge in [0.15, 0.2) is 0 Å². The predicted octanol–water partition coefficient (Wildman–Crippen LogP) is 7.54. The van der Waals surface area contributed by atoms with E-state index >= 15 is 0 Å². The first-order chi connectivity index (χ1) is 15.9. The quantitative estimate of drug-likeness (QED) is 0.274. The second kappa shape index (κ2) is 14.6. The Labute approximate surface area is 213 Å². The van der Waals surface area contributed by atoms with Crippen LogP contribution in [0.3, 0.4) is 0 Å². The van der Waals surface area contributed by atoms with Gasteiger partial charge in [0, 0.05) is 47.4 Å². The molecule has 0 unspecified atom stereocenters. The van der Waals surface area contributed by atoms with Crippen LogP contribution < -0.4 is 0 Å². The van der Waals surface area contributed by atoms with Gasteiger partial charge in [0.2, 0.25) is 0 Å². The van der Waals surface area contributed by atoms with E-state index in [4.69, 9.17) is 28.2 Å². The van der Waals surface area contributed by atoms with Gasteiger partial charge in [-0.3, -0.25) is 9.98 Å². The number of hydrogen-bond donors (Lipinski definition) is 0. The smallest absolute Gasteiger partial charge is 0.0643 e. The number of halogens is 2. The Kier molecular flexibility index (Phi) is 12.2. The van der Waals surface area contributed by atoms with Crippen LogP contribution in [-0.4, -0.2) is 47.7 Å². The zero-order valence-electron chi connectivity index (χ0n) is 20.0. The van der Waals surface area contributed by atoms with Gasteiger partial charge in [-0.1, -0.05) is 67.9 Å². The van der Waals surface area contributed by atoms with E-state index in [0.717, 1.165) is 47.8 Å². The molecular weight excluding hydrogens is 471 g/mol. The van der Waals surface area contributed by atoms with Gasteiger partial charge in [0.1, 0.15) is 0 Å². The molecule has 1 saturated heterocycles. The average Bonchev–Trinajstić information content (AvgIpc) is 2.82. The lowest BCUT2D eigenvalue weighted by Gasteiger charge is -2.32. The van der Waals surface area contributed by atoms with Gasteiger partial charge in [-0.2, -0.15) is 0 Å². The number of aliphatic imine (C=N–C) groups is 2. The summed E-state index contributed by atoms with van der Waals surface area (Å²) in [6, 6.07) is 15.4. The van der Waals surface area contributed by atoms with E-state index in [0.29, 0.717) is 23.2 Å². The van der Waals surface area contributed by atoms with Crippen molar-refractivity contribution in [3.05, 3.63) is 76.3 Å². The van der Waals surface area contributed by atoms with Gasteiger partial charge in [-0.05, 0) is 62.3 Å². The van der Waals surface area contributed by atoms with Crippen LogP contribution in [0.1, 0.15) is 37.8 Å². The van der Waals surface area contributed by atoms with Crippen LogP contribution in [0.25, 0.3) is 5.70 Å². The summed E-state index contributed by atoms with van der Waals surface area (Å²) in [6.45, 7) is 10.8. The number of benzene rings is 2. The van der Waals surface area contributed by atoms with Crippen molar-refractivity contribution < 1.29 is 0 Å². The van der Waals surface area contributed by atoms with Crippen molar-refractivity contribution in [2.45, 2.75) is 33.2 Å². The molecule has 1 aliphatic heterocycles. The standard InChI is InChI=1S/C24H28Cl2N4S.C2H6/c1-18(20-6-10-23(26)11-7-20)27-17-24(28-16-19-4-8-22(25)9-5-19)21-12-14-30(15-13-21)31-29(2)3;1-2/h4-11,17,21H,1,12-16H2,2-3H3;1-2H3. The summed E-state index contributed by atoms with van der Waals surface area (Å²) < 4.78 is 4.53. The van der Waals surface area contributed by atoms with E-state index in [1.165, 1.54) is 0 Å². The van der Waals surface area contributed by atoms with Crippen molar-refractivity contribution in [2.24, 2.45) is 15.9 Å². The molecule has 2 aromatic carbocycles. The first-order valence-electron chi connectivity index (χ1n) is 11.3. The van der Waals surface area contributed by atoms with Gasteiger partial charge in [0.05, 0.1) is 18.0 Å². The number of rotatable bonds is 8. The molecule has 0 saturated carbocycles. The summed E-state index contributed by atoms with van der Waals surface area (Å²) in [5.41, 5.74) is 3.82. The fraction of sp³-hybridized carbons (Fsp3) is 0.385. The third-order valence-electron chi connectivity index (χ3n) is 5.04. The minimum atomic E-state index is 0.382. The average molecular weight is 506 g/mol. The Morgan fingerprint density at radius 2 is 1.58 bits per heavy atom. The summed E-state index contributed by atoms with van der Waals surface area (Å²) in [5, 5.41) is 1.44. The van der Waals surface area contributed by atoms with Crippen molar-refractivity contribution in [1.82, 2.24) is 8.61 Å². The zero-order chi connectivity index (χ0) is 24.2. The molecule has 1 aliphatic rings. The molecule has 2 aromatic rings. The lowest BCUT2D eigenvalue weighted by atomic mass is 9.93. The van der Waals surface area contributed by atoms with E-state index in [1.807, 2.05) is 68.6 Å². The van der Waals surface area contributed by atoms with Crippen LogP contribution in [0.2, 0.25) is 10.0 Å². The zero-order valence-corrected chi connectivity index (χ0v) is 22.3. The second-order valence-electron chi connectivity index (χ2n) is 7.68. The minimum absolute atomic E-state index is 0.382. The van der Waals surface area contributed by atoms with Crippen molar-refractivity contribution in [1.29, 1.82) is 0 Å². The summed E-state index contributed by atoms with van der Waals surface area (Å²) >= 11 is 13.8. The van der Waals surface area contributed by atoms with Crippen LogP contribution >= 0.6 is 35.3 Å². The molecule has 0 radical (unpaired) electrons. The highest BCUT2D eigenvalue weighted by molar-refractivity contribution is 7.94. The molecule has 178 valence electrons. The Morgan fingerprint density at radius 1 is 1.03 bits per heavy atom. The van der Waals surface area contributed by atoms with E-state index in [1.54, 1.807) is 12.1 Å². The largest absolute Gasteiger partial charge is 0.283 e. The van der Waals surface area contributed by atoms with Crippen LogP contribution in [0.15, 0.2) is 65.1 Å². The van der Waals surface area contributed by atoms with Gasteiger partial charge in [-0.15, -0.1) is 0 Å². The molecule has 7 heteroatoms. The third-order valence-corrected chi connectivity index (χ3v) is 6.47. The number of piperidine rings is 1. The van der Waals surface area contributed by atoms with Crippen molar-refractivity contribution >= 4 is 53.0 Å². The first-order valence-corrected chi connectivity index (χ1v) is 12.8. The molecule has 0 N–H and O–H groups in total. The van der Waals surface area contributed by atoms with Gasteiger partial charge in [-0.25, -0.2) is 8.61 Å². The summed E-state index contributed by atoms with van der Waals surface area (Å²) in [6.07, 6.45) is 4.01. The van der Waals surface area contributed by atoms with Crippen LogP contribution in [0, 0.1) is 5.92 Å². The maximum atomic E-state index is 6.01. The number of nitrogens with zero attached hydrogens (tertiary/aromatic N) is 4. The van der Waals surface area contributed by atoms with Crippen molar-refractivity contribution in [3.63, 3.8) is 0 Å². The molecule has 0 bridgehead atoms. The molecule has 1 heterocycles. The number of hydrogen-bond acceptors (Lipinski definition) is 5. The lowest BCUT2D eigenvalue weighted by molar-refractivity contribution is 0.335. The Hall–Kier alpha value is -1.63. The molecule has 0 amide bonds. The SMILES string of the molecule is C=C(N=CC(=NCc1ccc(Cl)cc1)C1CCN(SN(C)C)CC1)c1ccc(Cl)cc1.CC. The van der Waals surface area contributed by atoms with E-state index in [2.05, 4.69) is 34.3 Å². The maximum Gasteiger partial charge on any atom is 0.0643 e. The van der Waals surface area contributed by atoms with Crippen LogP contribution in [0.4, 0.5) is 0 Å². The molecule has 0 atom stereocenters. The topological polar surface area (TPSA) is 31.2 Å². The van der Waals surface area contributed by atoms with Gasteiger partial charge < -0.3 is 0 Å². The second-order valence-corrected chi connectivity index (χ2v) is 9.96. The molecule has 3 rings (SSSR count). The van der Waals surface area contributed by atoms with Crippen LogP contribution in [-0.2, 0) is 6.54 Å². The molecule has 0 aromatic heterocycles. The summed E-state index contributed by atoms with van der Waals surface area (Å²) in [7, 11) is 4.15. The molecule has 1 fully saturated rings. The Morgan fingerprint density at radius 3 is 2.12 bits per heavy atom. The highest BCUT2D eigenvalue weighted by Crippen LogP contribution is 2.25. The lowest BCUT2D eigenvalue weighted by Crippen LogP contribution is -2.34. The highest BCUT2D eigenvalue weighted by atomic mass is 35.5. The Balaban J connectivity index is 0.00000187. The van der Waals surface area contributed by atoms with E-state index < -0.39 is 0 Å². The van der Waals surface area contributed by atoms with Crippen molar-refractivity contribution in [3.8, 4) is 0 Å². The first kappa shape index (κ1) is 27.6. The molecule has 0 spiro atoms. The molecular formula is C26H34Cl2N4S. The normalized spacial score (nSPS) is 15.5. The predicted molar refractivity (Wildman–Crippen MR) is 148 cm³/mol. The molecule has 33 heavy (non-hydrogen) atoms. The molecule has 4 nitrogen and oxygen atoms in total.